The fourth-order valence-corrected chi connectivity index (χ4v) is 1.70. The van der Waals surface area contributed by atoms with E-state index in [1.807, 2.05) is 12.1 Å². The van der Waals surface area contributed by atoms with Gasteiger partial charge in [0.05, 0.1) is 0 Å². The van der Waals surface area contributed by atoms with Crippen LogP contribution >= 0.6 is 0 Å². The highest BCUT2D eigenvalue weighted by Crippen LogP contribution is 2.24. The van der Waals surface area contributed by atoms with E-state index >= 15 is 0 Å². The van der Waals surface area contributed by atoms with Crippen molar-refractivity contribution in [2.24, 2.45) is 5.73 Å². The van der Waals surface area contributed by atoms with Gasteiger partial charge in [-0.25, -0.2) is 0 Å². The van der Waals surface area contributed by atoms with Crippen molar-refractivity contribution in [3.8, 4) is 5.75 Å². The zero-order chi connectivity index (χ0) is 9.97. The first-order valence-corrected chi connectivity index (χ1v) is 5.29. The number of aryl methyl sites for hydroxylation is 1. The Hall–Kier alpha value is -1.02. The van der Waals surface area contributed by atoms with Crippen LogP contribution in [0.3, 0.4) is 0 Å². The third-order valence-electron chi connectivity index (χ3n) is 2.77. The maximum atomic E-state index is 5.74. The maximum absolute atomic E-state index is 5.74. The van der Waals surface area contributed by atoms with Gasteiger partial charge in [0.15, 0.2) is 0 Å². The first-order valence-electron chi connectivity index (χ1n) is 5.29. The fraction of sp³-hybridized carbons (Fsp3) is 0.500. The molecule has 2 rings (SSSR count). The number of rotatable bonds is 3. The molecule has 0 saturated heterocycles. The SMILES string of the molecule is CCc1ccc(OC2CC(N)C2)cc1. The lowest BCUT2D eigenvalue weighted by molar-refractivity contribution is 0.101. The summed E-state index contributed by atoms with van der Waals surface area (Å²) < 4.78 is 5.74. The molecular weight excluding hydrogens is 174 g/mol. The minimum atomic E-state index is 0.345. The lowest BCUT2D eigenvalue weighted by atomic mass is 9.90. The van der Waals surface area contributed by atoms with Crippen molar-refractivity contribution in [3.05, 3.63) is 29.8 Å². The maximum Gasteiger partial charge on any atom is 0.119 e. The van der Waals surface area contributed by atoms with Crippen LogP contribution in [0.25, 0.3) is 0 Å². The molecule has 0 aliphatic heterocycles. The van der Waals surface area contributed by atoms with Crippen LogP contribution in [0.1, 0.15) is 25.3 Å². The van der Waals surface area contributed by atoms with Crippen molar-refractivity contribution in [1.82, 2.24) is 0 Å². The van der Waals surface area contributed by atoms with Gasteiger partial charge < -0.3 is 10.5 Å². The molecule has 76 valence electrons. The Morgan fingerprint density at radius 1 is 1.29 bits per heavy atom. The number of nitrogens with two attached hydrogens (primary N) is 1. The van der Waals surface area contributed by atoms with E-state index in [2.05, 4.69) is 19.1 Å². The first-order chi connectivity index (χ1) is 6.78. The van der Waals surface area contributed by atoms with E-state index in [0.717, 1.165) is 25.0 Å². The highest BCUT2D eigenvalue weighted by atomic mass is 16.5. The van der Waals surface area contributed by atoms with Crippen molar-refractivity contribution in [2.75, 3.05) is 0 Å². The molecule has 1 aliphatic rings. The highest BCUT2D eigenvalue weighted by molar-refractivity contribution is 5.27. The molecule has 0 heterocycles. The molecule has 1 aromatic rings. The first kappa shape index (κ1) is 9.53. The number of ether oxygens (including phenoxy) is 1. The molecule has 2 N–H and O–H groups in total. The van der Waals surface area contributed by atoms with E-state index in [4.69, 9.17) is 10.5 Å². The van der Waals surface area contributed by atoms with Gasteiger partial charge in [0.1, 0.15) is 11.9 Å². The number of hydrogen-bond acceptors (Lipinski definition) is 2. The van der Waals surface area contributed by atoms with Gasteiger partial charge in [0.2, 0.25) is 0 Å². The summed E-state index contributed by atoms with van der Waals surface area (Å²) in [5.74, 6) is 0.971. The topological polar surface area (TPSA) is 35.2 Å². The summed E-state index contributed by atoms with van der Waals surface area (Å²) in [5.41, 5.74) is 7.04. The molecular formula is C12H17NO. The van der Waals surface area contributed by atoms with Crippen LogP contribution in [0.5, 0.6) is 5.75 Å². The van der Waals surface area contributed by atoms with Crippen LogP contribution in [-0.2, 0) is 6.42 Å². The summed E-state index contributed by atoms with van der Waals surface area (Å²) in [5, 5.41) is 0. The Morgan fingerprint density at radius 2 is 1.93 bits per heavy atom. The molecule has 2 heteroatoms. The Balaban J connectivity index is 1.90. The monoisotopic (exact) mass is 191 g/mol. The molecule has 1 aliphatic carbocycles. The van der Waals surface area contributed by atoms with Crippen LogP contribution in [0.2, 0.25) is 0 Å². The quantitative estimate of drug-likeness (QED) is 0.794. The molecule has 0 aromatic heterocycles. The van der Waals surface area contributed by atoms with Gasteiger partial charge in [0.25, 0.3) is 0 Å². The van der Waals surface area contributed by atoms with Gasteiger partial charge in [-0.1, -0.05) is 19.1 Å². The standard InChI is InChI=1S/C12H17NO/c1-2-9-3-5-11(6-4-9)14-12-7-10(13)8-12/h3-6,10,12H,2,7-8,13H2,1H3. The summed E-state index contributed by atoms with van der Waals surface area (Å²) in [6.45, 7) is 2.15. The van der Waals surface area contributed by atoms with E-state index in [0.29, 0.717) is 12.1 Å². The van der Waals surface area contributed by atoms with Crippen LogP contribution < -0.4 is 10.5 Å². The molecule has 1 saturated carbocycles. The molecule has 1 fully saturated rings. The molecule has 0 amide bonds. The van der Waals surface area contributed by atoms with Crippen molar-refractivity contribution < 1.29 is 4.74 Å². The van der Waals surface area contributed by atoms with E-state index in [-0.39, 0.29) is 0 Å². The highest BCUT2D eigenvalue weighted by Gasteiger charge is 2.27. The van der Waals surface area contributed by atoms with Crippen molar-refractivity contribution >= 4 is 0 Å². The van der Waals surface area contributed by atoms with Gasteiger partial charge in [0, 0.05) is 6.04 Å². The summed E-state index contributed by atoms with van der Waals surface area (Å²) in [4.78, 5) is 0. The van der Waals surface area contributed by atoms with E-state index < -0.39 is 0 Å². The minimum absolute atomic E-state index is 0.345. The minimum Gasteiger partial charge on any atom is -0.490 e. The summed E-state index contributed by atoms with van der Waals surface area (Å²) in [6.07, 6.45) is 3.41. The van der Waals surface area contributed by atoms with Crippen molar-refractivity contribution in [3.63, 3.8) is 0 Å². The molecule has 1 aromatic carbocycles. The molecule has 0 unspecified atom stereocenters. The second-order valence-electron chi connectivity index (χ2n) is 3.97. The Morgan fingerprint density at radius 3 is 2.43 bits per heavy atom. The van der Waals surface area contributed by atoms with Gasteiger partial charge >= 0.3 is 0 Å². The third kappa shape index (κ3) is 2.07. The predicted molar refractivity (Wildman–Crippen MR) is 57.4 cm³/mol. The average Bonchev–Trinajstić information content (AvgIpc) is 2.17. The Kier molecular flexibility index (Phi) is 2.73. The zero-order valence-corrected chi connectivity index (χ0v) is 8.57. The molecule has 0 spiro atoms. The lowest BCUT2D eigenvalue weighted by Crippen LogP contribution is -2.43. The van der Waals surface area contributed by atoms with E-state index in [9.17, 15) is 0 Å². The fourth-order valence-electron chi connectivity index (χ4n) is 1.70. The van der Waals surface area contributed by atoms with Crippen molar-refractivity contribution in [2.45, 2.75) is 38.3 Å². The van der Waals surface area contributed by atoms with Crippen LogP contribution in [0.15, 0.2) is 24.3 Å². The van der Waals surface area contributed by atoms with Crippen LogP contribution in [0, 0.1) is 0 Å². The lowest BCUT2D eigenvalue weighted by Gasteiger charge is -2.32. The van der Waals surface area contributed by atoms with Gasteiger partial charge in [-0.3, -0.25) is 0 Å². The van der Waals surface area contributed by atoms with Gasteiger partial charge in [-0.2, -0.15) is 0 Å². The second-order valence-corrected chi connectivity index (χ2v) is 3.97. The predicted octanol–water partition coefficient (Wildman–Crippen LogP) is 2.12. The van der Waals surface area contributed by atoms with E-state index in [1.165, 1.54) is 5.56 Å². The Labute approximate surface area is 85.1 Å². The van der Waals surface area contributed by atoms with E-state index in [1.54, 1.807) is 0 Å². The summed E-state index contributed by atoms with van der Waals surface area (Å²) in [7, 11) is 0. The normalized spacial score (nSPS) is 25.6. The van der Waals surface area contributed by atoms with Crippen LogP contribution in [0.4, 0.5) is 0 Å². The van der Waals surface area contributed by atoms with Crippen molar-refractivity contribution in [1.29, 1.82) is 0 Å². The molecule has 0 radical (unpaired) electrons. The third-order valence-corrected chi connectivity index (χ3v) is 2.77. The second kappa shape index (κ2) is 4.01. The average molecular weight is 191 g/mol. The molecule has 14 heavy (non-hydrogen) atoms. The Bertz CT molecular complexity index is 288. The summed E-state index contributed by atoms with van der Waals surface area (Å²) in [6, 6.07) is 8.68. The largest absolute Gasteiger partial charge is 0.490 e. The summed E-state index contributed by atoms with van der Waals surface area (Å²) >= 11 is 0. The number of hydrogen-bond donors (Lipinski definition) is 1. The number of benzene rings is 1. The van der Waals surface area contributed by atoms with Gasteiger partial charge in [-0.05, 0) is 37.0 Å². The zero-order valence-electron chi connectivity index (χ0n) is 8.57. The molecule has 2 nitrogen and oxygen atoms in total. The smallest absolute Gasteiger partial charge is 0.119 e. The van der Waals surface area contributed by atoms with Crippen LogP contribution in [-0.4, -0.2) is 12.1 Å². The molecule has 0 atom stereocenters. The van der Waals surface area contributed by atoms with Gasteiger partial charge in [-0.15, -0.1) is 0 Å². The molecule has 0 bridgehead atoms.